The van der Waals surface area contributed by atoms with Gasteiger partial charge in [0.1, 0.15) is 0 Å². The van der Waals surface area contributed by atoms with Gasteiger partial charge in [-0.05, 0) is 38.0 Å². The lowest BCUT2D eigenvalue weighted by molar-refractivity contribution is -0.134. The Morgan fingerprint density at radius 2 is 2.11 bits per heavy atom. The number of nitrogens with one attached hydrogen (secondary N) is 1. The summed E-state index contributed by atoms with van der Waals surface area (Å²) in [7, 11) is 0. The Morgan fingerprint density at radius 3 is 2.84 bits per heavy atom. The summed E-state index contributed by atoms with van der Waals surface area (Å²) in [6.45, 7) is 3.30. The van der Waals surface area contributed by atoms with Gasteiger partial charge in [0.2, 0.25) is 5.91 Å². The first-order chi connectivity index (χ1) is 9.26. The summed E-state index contributed by atoms with van der Waals surface area (Å²) in [6.07, 6.45) is 13.7. The molecule has 1 saturated heterocycles. The van der Waals surface area contributed by atoms with Gasteiger partial charge in [0.15, 0.2) is 0 Å². The molecule has 0 radical (unpaired) electrons. The highest BCUT2D eigenvalue weighted by Gasteiger charge is 2.35. The zero-order chi connectivity index (χ0) is 13.7. The van der Waals surface area contributed by atoms with E-state index in [0.717, 1.165) is 25.3 Å². The molecule has 0 aromatic rings. The van der Waals surface area contributed by atoms with E-state index in [1.807, 2.05) is 4.90 Å². The number of carbonyl (C=O) groups excluding carboxylic acids is 1. The third kappa shape index (κ3) is 3.51. The third-order valence-corrected chi connectivity index (χ3v) is 4.54. The first-order valence-electron chi connectivity index (χ1n) is 7.74. The smallest absolute Gasteiger partial charge is 0.240 e. The van der Waals surface area contributed by atoms with Crippen LogP contribution in [0.15, 0.2) is 0 Å². The first kappa shape index (κ1) is 14.4. The lowest BCUT2D eigenvalue weighted by Crippen LogP contribution is -2.55. The normalized spacial score (nSPS) is 30.2. The Morgan fingerprint density at radius 1 is 1.32 bits per heavy atom. The number of nitrogens with zero attached hydrogens (tertiary/aromatic N) is 1. The molecule has 2 aliphatic rings. The lowest BCUT2D eigenvalue weighted by Gasteiger charge is -2.41. The molecule has 0 bridgehead atoms. The minimum atomic E-state index is -0.000694. The molecule has 3 unspecified atom stereocenters. The summed E-state index contributed by atoms with van der Waals surface area (Å²) < 4.78 is 0. The number of hydrogen-bond donors (Lipinski definition) is 1. The largest absolute Gasteiger partial charge is 0.330 e. The van der Waals surface area contributed by atoms with E-state index in [-0.39, 0.29) is 11.9 Å². The SMILES string of the molecule is C#CCN(CCC)C(=O)C1CCC2CCCCC2N1. The zero-order valence-corrected chi connectivity index (χ0v) is 12.0. The summed E-state index contributed by atoms with van der Waals surface area (Å²) in [5.74, 6) is 3.61. The second-order valence-electron chi connectivity index (χ2n) is 5.91. The van der Waals surface area contributed by atoms with Gasteiger partial charge in [-0.1, -0.05) is 25.7 Å². The molecular weight excluding hydrogens is 236 g/mol. The summed E-state index contributed by atoms with van der Waals surface area (Å²) in [4.78, 5) is 14.4. The van der Waals surface area contributed by atoms with Crippen LogP contribution < -0.4 is 5.32 Å². The average molecular weight is 262 g/mol. The minimum absolute atomic E-state index is 0.000694. The summed E-state index contributed by atoms with van der Waals surface area (Å²) >= 11 is 0. The van der Waals surface area contributed by atoms with Gasteiger partial charge in [0.25, 0.3) is 0 Å². The number of rotatable bonds is 4. The van der Waals surface area contributed by atoms with Gasteiger partial charge in [0, 0.05) is 12.6 Å². The summed E-state index contributed by atoms with van der Waals surface area (Å²) in [6, 6.07) is 0.560. The zero-order valence-electron chi connectivity index (χ0n) is 12.0. The molecule has 3 atom stereocenters. The maximum Gasteiger partial charge on any atom is 0.240 e. The van der Waals surface area contributed by atoms with Crippen molar-refractivity contribution in [2.75, 3.05) is 13.1 Å². The van der Waals surface area contributed by atoms with Crippen molar-refractivity contribution in [2.45, 2.75) is 64.0 Å². The predicted octanol–water partition coefficient (Wildman–Crippen LogP) is 2.17. The fraction of sp³-hybridized carbons (Fsp3) is 0.812. The summed E-state index contributed by atoms with van der Waals surface area (Å²) in [5, 5.41) is 3.59. The second kappa shape index (κ2) is 6.96. The van der Waals surface area contributed by atoms with Crippen molar-refractivity contribution >= 4 is 5.91 Å². The van der Waals surface area contributed by atoms with Gasteiger partial charge >= 0.3 is 0 Å². The maximum atomic E-state index is 12.5. The van der Waals surface area contributed by atoms with E-state index in [1.54, 1.807) is 0 Å². The van der Waals surface area contributed by atoms with Crippen molar-refractivity contribution in [2.24, 2.45) is 5.92 Å². The van der Waals surface area contributed by atoms with Gasteiger partial charge < -0.3 is 10.2 Å². The van der Waals surface area contributed by atoms with E-state index >= 15 is 0 Å². The van der Waals surface area contributed by atoms with Crippen LogP contribution in [0.5, 0.6) is 0 Å². The van der Waals surface area contributed by atoms with Crippen molar-refractivity contribution in [3.8, 4) is 12.3 Å². The molecule has 1 N–H and O–H groups in total. The molecule has 1 aliphatic carbocycles. The van der Waals surface area contributed by atoms with Gasteiger partial charge in [-0.3, -0.25) is 4.79 Å². The van der Waals surface area contributed by atoms with Crippen LogP contribution in [0.1, 0.15) is 51.9 Å². The molecule has 2 fully saturated rings. The van der Waals surface area contributed by atoms with E-state index in [4.69, 9.17) is 6.42 Å². The number of fused-ring (bicyclic) bond motifs is 1. The predicted molar refractivity (Wildman–Crippen MR) is 77.6 cm³/mol. The van der Waals surface area contributed by atoms with Crippen LogP contribution in [0.25, 0.3) is 0 Å². The molecule has 0 aromatic heterocycles. The standard InChI is InChI=1S/C16H26N2O/c1-3-11-18(12-4-2)16(19)15-10-9-13-7-5-6-8-14(13)17-15/h1,13-15,17H,4-12H2,2H3. The van der Waals surface area contributed by atoms with E-state index in [2.05, 4.69) is 18.2 Å². The first-order valence-corrected chi connectivity index (χ1v) is 7.74. The topological polar surface area (TPSA) is 32.3 Å². The van der Waals surface area contributed by atoms with Gasteiger partial charge in [0.05, 0.1) is 12.6 Å². The van der Waals surface area contributed by atoms with Crippen LogP contribution in [0.2, 0.25) is 0 Å². The molecule has 1 amide bonds. The van der Waals surface area contributed by atoms with Crippen molar-refractivity contribution < 1.29 is 4.79 Å². The molecule has 1 aliphatic heterocycles. The number of amides is 1. The number of terminal acetylenes is 1. The Balaban J connectivity index is 1.93. The second-order valence-corrected chi connectivity index (χ2v) is 5.91. The Kier molecular flexibility index (Phi) is 5.27. The van der Waals surface area contributed by atoms with E-state index < -0.39 is 0 Å². The summed E-state index contributed by atoms with van der Waals surface area (Å²) in [5.41, 5.74) is 0. The molecule has 1 heterocycles. The number of carbonyl (C=O) groups is 1. The highest BCUT2D eigenvalue weighted by molar-refractivity contribution is 5.82. The van der Waals surface area contributed by atoms with Crippen LogP contribution >= 0.6 is 0 Å². The number of piperidine rings is 1. The fourth-order valence-electron chi connectivity index (χ4n) is 3.56. The highest BCUT2D eigenvalue weighted by atomic mass is 16.2. The molecule has 3 nitrogen and oxygen atoms in total. The van der Waals surface area contributed by atoms with Crippen LogP contribution in [0.3, 0.4) is 0 Å². The van der Waals surface area contributed by atoms with Crippen molar-refractivity contribution in [3.63, 3.8) is 0 Å². The van der Waals surface area contributed by atoms with Crippen molar-refractivity contribution in [3.05, 3.63) is 0 Å². The van der Waals surface area contributed by atoms with E-state index in [9.17, 15) is 4.79 Å². The lowest BCUT2D eigenvalue weighted by atomic mass is 9.77. The maximum absolute atomic E-state index is 12.5. The van der Waals surface area contributed by atoms with Gasteiger partial charge in [-0.15, -0.1) is 6.42 Å². The molecule has 1 saturated carbocycles. The minimum Gasteiger partial charge on any atom is -0.330 e. The Bertz CT molecular complexity index is 347. The highest BCUT2D eigenvalue weighted by Crippen LogP contribution is 2.32. The Labute approximate surface area is 117 Å². The Hall–Kier alpha value is -1.01. The van der Waals surface area contributed by atoms with Gasteiger partial charge in [-0.25, -0.2) is 0 Å². The van der Waals surface area contributed by atoms with Crippen LogP contribution in [0, 0.1) is 18.3 Å². The molecule has 3 heteroatoms. The molecule has 19 heavy (non-hydrogen) atoms. The molecule has 0 spiro atoms. The molecule has 0 aromatic carbocycles. The van der Waals surface area contributed by atoms with Crippen molar-refractivity contribution in [1.82, 2.24) is 10.2 Å². The fourth-order valence-corrected chi connectivity index (χ4v) is 3.56. The van der Waals surface area contributed by atoms with Gasteiger partial charge in [-0.2, -0.15) is 0 Å². The molecule has 2 rings (SSSR count). The number of hydrogen-bond acceptors (Lipinski definition) is 2. The van der Waals surface area contributed by atoms with E-state index in [0.29, 0.717) is 12.6 Å². The van der Waals surface area contributed by atoms with Crippen LogP contribution in [0.4, 0.5) is 0 Å². The van der Waals surface area contributed by atoms with Crippen LogP contribution in [-0.4, -0.2) is 36.0 Å². The third-order valence-electron chi connectivity index (χ3n) is 4.54. The molecular formula is C16H26N2O. The van der Waals surface area contributed by atoms with E-state index in [1.165, 1.54) is 32.1 Å². The monoisotopic (exact) mass is 262 g/mol. The average Bonchev–Trinajstić information content (AvgIpc) is 2.46. The molecule has 106 valence electrons. The van der Waals surface area contributed by atoms with Crippen LogP contribution in [-0.2, 0) is 4.79 Å². The quantitative estimate of drug-likeness (QED) is 0.788. The van der Waals surface area contributed by atoms with Crippen molar-refractivity contribution in [1.29, 1.82) is 0 Å².